The average Bonchev–Trinajstić information content (AvgIpc) is 3.30. The minimum Gasteiger partial charge on any atom is -0.478 e. The number of nitriles is 1. The summed E-state index contributed by atoms with van der Waals surface area (Å²) in [7, 11) is 0. The van der Waals surface area contributed by atoms with Crippen LogP contribution in [0.4, 0.5) is 5.00 Å². The number of carbonyl (C=O) groups excluding carboxylic acids is 1. The number of amides is 1. The first-order valence-corrected chi connectivity index (χ1v) is 11.6. The van der Waals surface area contributed by atoms with E-state index in [4.69, 9.17) is 0 Å². The van der Waals surface area contributed by atoms with E-state index in [1.807, 2.05) is 6.92 Å². The highest BCUT2D eigenvalue weighted by atomic mass is 32.1. The van der Waals surface area contributed by atoms with Crippen LogP contribution in [0.2, 0.25) is 0 Å². The van der Waals surface area contributed by atoms with Crippen molar-refractivity contribution < 1.29 is 14.7 Å². The largest absolute Gasteiger partial charge is 0.478 e. The molecule has 1 atom stereocenters. The summed E-state index contributed by atoms with van der Waals surface area (Å²) in [6.45, 7) is 3.68. The zero-order valence-corrected chi connectivity index (χ0v) is 18.7. The molecule has 160 valence electrons. The molecule has 0 fully saturated rings. The third-order valence-corrected chi connectivity index (χ3v) is 7.54. The van der Waals surface area contributed by atoms with Gasteiger partial charge >= 0.3 is 5.97 Å². The van der Waals surface area contributed by atoms with E-state index in [9.17, 15) is 24.8 Å². The van der Waals surface area contributed by atoms with Gasteiger partial charge in [-0.15, -0.1) is 22.7 Å². The Bertz CT molecular complexity index is 1310. The SMILES string of the molecule is CCc1nc2scc(C(=O)O)c2c(=O)n1CC(=O)Nc1sc2c(c1C#N)CCC(C)C2. The Morgan fingerprint density at radius 2 is 2.23 bits per heavy atom. The van der Waals surface area contributed by atoms with E-state index in [2.05, 4.69) is 23.3 Å². The van der Waals surface area contributed by atoms with Crippen molar-refractivity contribution >= 4 is 49.8 Å². The predicted octanol–water partition coefficient (Wildman–Crippen LogP) is 3.42. The number of rotatable bonds is 5. The van der Waals surface area contributed by atoms with Crippen molar-refractivity contribution in [2.24, 2.45) is 5.92 Å². The number of carboxylic acids is 1. The van der Waals surface area contributed by atoms with Gasteiger partial charge in [0.2, 0.25) is 5.91 Å². The van der Waals surface area contributed by atoms with Crippen molar-refractivity contribution in [1.29, 1.82) is 5.26 Å². The summed E-state index contributed by atoms with van der Waals surface area (Å²) in [5, 5.41) is 23.7. The summed E-state index contributed by atoms with van der Waals surface area (Å²) >= 11 is 2.52. The maximum absolute atomic E-state index is 13.0. The van der Waals surface area contributed by atoms with E-state index in [1.54, 1.807) is 0 Å². The maximum Gasteiger partial charge on any atom is 0.337 e. The van der Waals surface area contributed by atoms with Gasteiger partial charge < -0.3 is 10.4 Å². The standard InChI is InChI=1S/C21H20N4O4S2/c1-3-15-23-19-17(13(9-30-19)21(28)29)20(27)25(15)8-16(26)24-18-12(7-22)11-5-4-10(2)6-14(11)31-18/h9-10H,3-6,8H2,1-2H3,(H,24,26)(H,28,29). The fraction of sp³-hybridized carbons (Fsp3) is 0.381. The highest BCUT2D eigenvalue weighted by molar-refractivity contribution is 7.17. The summed E-state index contributed by atoms with van der Waals surface area (Å²) in [4.78, 5) is 43.2. The quantitative estimate of drug-likeness (QED) is 0.606. The van der Waals surface area contributed by atoms with E-state index in [0.29, 0.717) is 33.6 Å². The van der Waals surface area contributed by atoms with E-state index in [0.717, 1.165) is 41.0 Å². The van der Waals surface area contributed by atoms with Gasteiger partial charge in [0.25, 0.3) is 5.56 Å². The molecule has 0 radical (unpaired) electrons. The van der Waals surface area contributed by atoms with Gasteiger partial charge in [0.05, 0.1) is 16.5 Å². The topological polar surface area (TPSA) is 125 Å². The molecule has 4 rings (SSSR count). The number of aromatic nitrogens is 2. The lowest BCUT2D eigenvalue weighted by molar-refractivity contribution is -0.116. The number of aryl methyl sites for hydroxylation is 1. The number of nitrogens with zero attached hydrogens (tertiary/aromatic N) is 3. The summed E-state index contributed by atoms with van der Waals surface area (Å²) in [6, 6.07) is 2.21. The first-order valence-electron chi connectivity index (χ1n) is 9.92. The molecule has 1 unspecified atom stereocenters. The normalized spacial score (nSPS) is 15.5. The molecule has 0 saturated carbocycles. The monoisotopic (exact) mass is 456 g/mol. The first kappa shape index (κ1) is 21.2. The van der Waals surface area contributed by atoms with E-state index >= 15 is 0 Å². The van der Waals surface area contributed by atoms with Gasteiger partial charge in [-0.2, -0.15) is 5.26 Å². The van der Waals surface area contributed by atoms with Gasteiger partial charge in [0.1, 0.15) is 28.3 Å². The Balaban J connectivity index is 1.67. The summed E-state index contributed by atoms with van der Waals surface area (Å²) in [6.07, 6.45) is 3.13. The molecular weight excluding hydrogens is 436 g/mol. The van der Waals surface area contributed by atoms with Gasteiger partial charge in [0, 0.05) is 16.7 Å². The molecule has 31 heavy (non-hydrogen) atoms. The molecule has 1 aliphatic rings. The summed E-state index contributed by atoms with van der Waals surface area (Å²) < 4.78 is 1.22. The average molecular weight is 457 g/mol. The van der Waals surface area contributed by atoms with E-state index in [1.165, 1.54) is 21.3 Å². The molecule has 0 saturated heterocycles. The van der Waals surface area contributed by atoms with Crippen molar-refractivity contribution in [2.75, 3.05) is 5.32 Å². The zero-order chi connectivity index (χ0) is 22.3. The molecule has 1 amide bonds. The van der Waals surface area contributed by atoms with Crippen LogP contribution in [0.1, 0.15) is 52.5 Å². The molecule has 3 aromatic rings. The van der Waals surface area contributed by atoms with Crippen LogP contribution in [-0.2, 0) is 30.6 Å². The molecule has 0 bridgehead atoms. The molecule has 0 spiro atoms. The summed E-state index contributed by atoms with van der Waals surface area (Å²) in [5.41, 5.74) is 0.860. The Labute approximate surface area is 185 Å². The fourth-order valence-electron chi connectivity index (χ4n) is 3.92. The predicted molar refractivity (Wildman–Crippen MR) is 119 cm³/mol. The molecular formula is C21H20N4O4S2. The smallest absolute Gasteiger partial charge is 0.337 e. The van der Waals surface area contributed by atoms with Crippen LogP contribution in [0.5, 0.6) is 0 Å². The Hall–Kier alpha value is -3.03. The van der Waals surface area contributed by atoms with Crippen molar-refractivity contribution in [3.63, 3.8) is 0 Å². The molecule has 0 aliphatic heterocycles. The molecule has 10 heteroatoms. The second kappa shape index (κ2) is 8.24. The lowest BCUT2D eigenvalue weighted by Crippen LogP contribution is -2.31. The van der Waals surface area contributed by atoms with Gasteiger partial charge in [0.15, 0.2) is 0 Å². The third-order valence-electron chi connectivity index (χ3n) is 5.50. The van der Waals surface area contributed by atoms with Crippen LogP contribution < -0.4 is 10.9 Å². The lowest BCUT2D eigenvalue weighted by Gasteiger charge is -2.17. The van der Waals surface area contributed by atoms with Crippen LogP contribution in [0.15, 0.2) is 10.2 Å². The number of fused-ring (bicyclic) bond motifs is 2. The molecule has 8 nitrogen and oxygen atoms in total. The highest BCUT2D eigenvalue weighted by Gasteiger charge is 2.25. The minimum absolute atomic E-state index is 0.0146. The van der Waals surface area contributed by atoms with Crippen molar-refractivity contribution in [3.05, 3.63) is 43.1 Å². The molecule has 0 aromatic carbocycles. The Morgan fingerprint density at radius 3 is 2.90 bits per heavy atom. The fourth-order valence-corrected chi connectivity index (χ4v) is 6.22. The first-order chi connectivity index (χ1) is 14.8. The Morgan fingerprint density at radius 1 is 1.45 bits per heavy atom. The minimum atomic E-state index is -1.21. The Kier molecular flexibility index (Phi) is 5.64. The van der Waals surface area contributed by atoms with Gasteiger partial charge in [-0.1, -0.05) is 13.8 Å². The second-order valence-corrected chi connectivity index (χ2v) is 9.59. The number of aromatic carboxylic acids is 1. The summed E-state index contributed by atoms with van der Waals surface area (Å²) in [5.74, 6) is -0.708. The number of thiophene rings is 2. The number of hydrogen-bond acceptors (Lipinski definition) is 7. The highest BCUT2D eigenvalue weighted by Crippen LogP contribution is 2.39. The number of hydrogen-bond donors (Lipinski definition) is 2. The van der Waals surface area contributed by atoms with Crippen molar-refractivity contribution in [2.45, 2.75) is 46.1 Å². The van der Waals surface area contributed by atoms with Crippen LogP contribution in [-0.4, -0.2) is 26.5 Å². The number of anilines is 1. The third kappa shape index (κ3) is 3.75. The molecule has 1 aliphatic carbocycles. The molecule has 3 aromatic heterocycles. The van der Waals surface area contributed by atoms with Crippen LogP contribution in [0.3, 0.4) is 0 Å². The van der Waals surface area contributed by atoms with Crippen LogP contribution in [0, 0.1) is 17.2 Å². The number of carbonyl (C=O) groups is 2. The lowest BCUT2D eigenvalue weighted by atomic mass is 9.89. The van der Waals surface area contributed by atoms with Gasteiger partial charge in [-0.3, -0.25) is 14.2 Å². The zero-order valence-electron chi connectivity index (χ0n) is 17.0. The molecule has 2 N–H and O–H groups in total. The van der Waals surface area contributed by atoms with Crippen LogP contribution in [0.25, 0.3) is 10.2 Å². The maximum atomic E-state index is 13.0. The van der Waals surface area contributed by atoms with Gasteiger partial charge in [-0.05, 0) is 30.7 Å². The van der Waals surface area contributed by atoms with Crippen molar-refractivity contribution in [3.8, 4) is 6.07 Å². The van der Waals surface area contributed by atoms with Gasteiger partial charge in [-0.25, -0.2) is 9.78 Å². The van der Waals surface area contributed by atoms with Crippen LogP contribution >= 0.6 is 22.7 Å². The second-order valence-electron chi connectivity index (χ2n) is 7.62. The molecule has 3 heterocycles. The number of nitrogens with one attached hydrogen (secondary N) is 1. The number of carboxylic acid groups (broad SMARTS) is 1. The van der Waals surface area contributed by atoms with E-state index < -0.39 is 17.4 Å². The van der Waals surface area contributed by atoms with Crippen molar-refractivity contribution in [1.82, 2.24) is 9.55 Å². The van der Waals surface area contributed by atoms with E-state index in [-0.39, 0.29) is 17.5 Å².